The van der Waals surface area contributed by atoms with E-state index < -0.39 is 10.0 Å². The summed E-state index contributed by atoms with van der Waals surface area (Å²) in [6.45, 7) is 1.76. The SMILES string of the molecule is C#Cc1cccc(NS(=O)(=O)c2ccc(N)c(C)c2)c1. The van der Waals surface area contributed by atoms with E-state index in [-0.39, 0.29) is 4.90 Å². The van der Waals surface area contributed by atoms with E-state index in [9.17, 15) is 8.42 Å². The Balaban J connectivity index is 2.35. The molecule has 0 heterocycles. The molecule has 0 unspecified atom stereocenters. The molecule has 0 saturated heterocycles. The van der Waals surface area contributed by atoms with Crippen molar-refractivity contribution in [2.45, 2.75) is 11.8 Å². The summed E-state index contributed by atoms with van der Waals surface area (Å²) >= 11 is 0. The van der Waals surface area contributed by atoms with Crippen LogP contribution >= 0.6 is 0 Å². The average molecular weight is 286 g/mol. The Morgan fingerprint density at radius 3 is 2.60 bits per heavy atom. The lowest BCUT2D eigenvalue weighted by molar-refractivity contribution is 0.601. The van der Waals surface area contributed by atoms with Gasteiger partial charge in [-0.3, -0.25) is 4.72 Å². The third-order valence-corrected chi connectivity index (χ3v) is 4.21. The molecule has 5 heteroatoms. The molecule has 0 aromatic heterocycles. The molecular formula is C15H14N2O2S. The average Bonchev–Trinajstić information content (AvgIpc) is 2.41. The van der Waals surface area contributed by atoms with Crippen LogP contribution in [0.25, 0.3) is 0 Å². The minimum atomic E-state index is -3.65. The van der Waals surface area contributed by atoms with Crippen molar-refractivity contribution in [3.05, 3.63) is 53.6 Å². The van der Waals surface area contributed by atoms with Crippen molar-refractivity contribution in [2.75, 3.05) is 10.5 Å². The van der Waals surface area contributed by atoms with Gasteiger partial charge in [-0.25, -0.2) is 8.42 Å². The molecule has 0 spiro atoms. The zero-order valence-electron chi connectivity index (χ0n) is 10.9. The molecule has 2 aromatic rings. The highest BCUT2D eigenvalue weighted by Crippen LogP contribution is 2.20. The zero-order chi connectivity index (χ0) is 14.8. The first-order valence-electron chi connectivity index (χ1n) is 5.88. The van der Waals surface area contributed by atoms with E-state index in [1.165, 1.54) is 12.1 Å². The number of nitrogens with one attached hydrogen (secondary N) is 1. The molecule has 102 valence electrons. The summed E-state index contributed by atoms with van der Waals surface area (Å²) in [6, 6.07) is 11.2. The first kappa shape index (κ1) is 14.0. The van der Waals surface area contributed by atoms with Gasteiger partial charge >= 0.3 is 0 Å². The van der Waals surface area contributed by atoms with Crippen molar-refractivity contribution in [2.24, 2.45) is 0 Å². The van der Waals surface area contributed by atoms with Crippen LogP contribution in [0.5, 0.6) is 0 Å². The van der Waals surface area contributed by atoms with Crippen molar-refractivity contribution in [3.8, 4) is 12.3 Å². The van der Waals surface area contributed by atoms with Crippen molar-refractivity contribution in [1.82, 2.24) is 0 Å². The standard InChI is InChI=1S/C15H14N2O2S/c1-3-12-5-4-6-13(10-12)17-20(18,19)14-7-8-15(16)11(2)9-14/h1,4-10,17H,16H2,2H3. The summed E-state index contributed by atoms with van der Waals surface area (Å²) < 4.78 is 27.0. The third-order valence-electron chi connectivity index (χ3n) is 2.83. The highest BCUT2D eigenvalue weighted by molar-refractivity contribution is 7.92. The van der Waals surface area contributed by atoms with Gasteiger partial charge in [-0.15, -0.1) is 6.42 Å². The Labute approximate surface area is 118 Å². The fourth-order valence-corrected chi connectivity index (χ4v) is 2.84. The lowest BCUT2D eigenvalue weighted by Gasteiger charge is -2.10. The number of anilines is 2. The lowest BCUT2D eigenvalue weighted by Crippen LogP contribution is -2.13. The molecule has 3 N–H and O–H groups in total. The summed E-state index contributed by atoms with van der Waals surface area (Å²) in [5.74, 6) is 2.46. The fraction of sp³-hybridized carbons (Fsp3) is 0.0667. The van der Waals surface area contributed by atoms with Crippen LogP contribution in [0.2, 0.25) is 0 Å². The summed E-state index contributed by atoms with van der Waals surface area (Å²) in [4.78, 5) is 0.162. The minimum absolute atomic E-state index is 0.162. The maximum absolute atomic E-state index is 12.3. The van der Waals surface area contributed by atoms with Crippen LogP contribution in [0.4, 0.5) is 11.4 Å². The van der Waals surface area contributed by atoms with E-state index in [4.69, 9.17) is 12.2 Å². The number of rotatable bonds is 3. The van der Waals surface area contributed by atoms with Gasteiger partial charge in [-0.2, -0.15) is 0 Å². The van der Waals surface area contributed by atoms with Gasteiger partial charge in [0, 0.05) is 11.3 Å². The molecule has 0 fully saturated rings. The van der Waals surface area contributed by atoms with E-state index in [0.29, 0.717) is 22.5 Å². The molecule has 4 nitrogen and oxygen atoms in total. The van der Waals surface area contributed by atoms with Gasteiger partial charge in [0.15, 0.2) is 0 Å². The Morgan fingerprint density at radius 2 is 1.95 bits per heavy atom. The van der Waals surface area contributed by atoms with Gasteiger partial charge in [-0.05, 0) is 48.9 Å². The number of terminal acetylenes is 1. The Morgan fingerprint density at radius 1 is 1.20 bits per heavy atom. The highest BCUT2D eigenvalue weighted by Gasteiger charge is 2.15. The van der Waals surface area contributed by atoms with Crippen LogP contribution in [0.15, 0.2) is 47.4 Å². The second kappa shape index (κ2) is 5.27. The van der Waals surface area contributed by atoms with Gasteiger partial charge in [0.05, 0.1) is 10.6 Å². The summed E-state index contributed by atoms with van der Waals surface area (Å²) in [5.41, 5.74) is 7.99. The van der Waals surface area contributed by atoms with Crippen LogP contribution in [0.3, 0.4) is 0 Å². The molecular weight excluding hydrogens is 272 g/mol. The minimum Gasteiger partial charge on any atom is -0.399 e. The molecule has 0 atom stereocenters. The number of aryl methyl sites for hydroxylation is 1. The Hall–Kier alpha value is -2.45. The van der Waals surface area contributed by atoms with Gasteiger partial charge in [0.25, 0.3) is 10.0 Å². The van der Waals surface area contributed by atoms with Crippen LogP contribution < -0.4 is 10.5 Å². The van der Waals surface area contributed by atoms with Crippen molar-refractivity contribution < 1.29 is 8.42 Å². The normalized spacial score (nSPS) is 10.8. The van der Waals surface area contributed by atoms with Crippen molar-refractivity contribution in [1.29, 1.82) is 0 Å². The molecule has 0 aliphatic carbocycles. The third kappa shape index (κ3) is 2.92. The summed E-state index contributed by atoms with van der Waals surface area (Å²) in [6.07, 6.45) is 5.29. The van der Waals surface area contributed by atoms with Gasteiger partial charge < -0.3 is 5.73 Å². The smallest absolute Gasteiger partial charge is 0.261 e. The largest absolute Gasteiger partial charge is 0.399 e. The predicted octanol–water partition coefficient (Wildman–Crippen LogP) is 2.36. The maximum Gasteiger partial charge on any atom is 0.261 e. The molecule has 0 amide bonds. The second-order valence-electron chi connectivity index (χ2n) is 4.35. The number of benzene rings is 2. The molecule has 0 aliphatic rings. The number of hydrogen-bond acceptors (Lipinski definition) is 3. The second-order valence-corrected chi connectivity index (χ2v) is 6.03. The zero-order valence-corrected chi connectivity index (χ0v) is 11.7. The lowest BCUT2D eigenvalue weighted by atomic mass is 10.2. The molecule has 2 rings (SSSR count). The van der Waals surface area contributed by atoms with Crippen LogP contribution in [0.1, 0.15) is 11.1 Å². The molecule has 0 radical (unpaired) electrons. The van der Waals surface area contributed by atoms with Crippen LogP contribution in [-0.4, -0.2) is 8.42 Å². The topological polar surface area (TPSA) is 72.2 Å². The molecule has 2 aromatic carbocycles. The number of hydrogen-bond donors (Lipinski definition) is 2. The molecule has 0 bridgehead atoms. The van der Waals surface area contributed by atoms with Gasteiger partial charge in [0.1, 0.15) is 0 Å². The molecule has 0 saturated carbocycles. The van der Waals surface area contributed by atoms with E-state index in [0.717, 1.165) is 0 Å². The van der Waals surface area contributed by atoms with Gasteiger partial charge in [-0.1, -0.05) is 12.0 Å². The predicted molar refractivity (Wildman–Crippen MR) is 80.8 cm³/mol. The van der Waals surface area contributed by atoms with Crippen molar-refractivity contribution >= 4 is 21.4 Å². The monoisotopic (exact) mass is 286 g/mol. The Kier molecular flexibility index (Phi) is 3.68. The van der Waals surface area contributed by atoms with E-state index in [2.05, 4.69) is 10.6 Å². The quantitative estimate of drug-likeness (QED) is 0.672. The number of sulfonamides is 1. The number of nitrogens with two attached hydrogens (primary N) is 1. The Bertz CT molecular complexity index is 790. The molecule has 0 aliphatic heterocycles. The first-order chi connectivity index (χ1) is 9.42. The van der Waals surface area contributed by atoms with E-state index in [1.54, 1.807) is 37.3 Å². The summed E-state index contributed by atoms with van der Waals surface area (Å²) in [5, 5.41) is 0. The molecule has 20 heavy (non-hydrogen) atoms. The van der Waals surface area contributed by atoms with E-state index in [1.807, 2.05) is 0 Å². The van der Waals surface area contributed by atoms with E-state index >= 15 is 0 Å². The van der Waals surface area contributed by atoms with Crippen LogP contribution in [-0.2, 0) is 10.0 Å². The van der Waals surface area contributed by atoms with Crippen LogP contribution in [0, 0.1) is 19.3 Å². The highest BCUT2D eigenvalue weighted by atomic mass is 32.2. The van der Waals surface area contributed by atoms with Crippen molar-refractivity contribution in [3.63, 3.8) is 0 Å². The number of nitrogen functional groups attached to an aromatic ring is 1. The first-order valence-corrected chi connectivity index (χ1v) is 7.36. The fourth-order valence-electron chi connectivity index (χ4n) is 1.70. The van der Waals surface area contributed by atoms with Gasteiger partial charge in [0.2, 0.25) is 0 Å². The maximum atomic E-state index is 12.3. The summed E-state index contributed by atoms with van der Waals surface area (Å²) in [7, 11) is -3.65.